The first-order valence-corrected chi connectivity index (χ1v) is 5.66. The van der Waals surface area contributed by atoms with Gasteiger partial charge in [-0.1, -0.05) is 17.7 Å². The fourth-order valence-corrected chi connectivity index (χ4v) is 2.00. The number of ether oxygens (including phenoxy) is 1. The summed E-state index contributed by atoms with van der Waals surface area (Å²) in [7, 11) is 0. The zero-order valence-corrected chi connectivity index (χ0v) is 10.3. The minimum Gasteiger partial charge on any atom is -0.420 e. The van der Waals surface area contributed by atoms with Crippen LogP contribution in [0.15, 0.2) is 17.1 Å². The molecule has 4 nitrogen and oxygen atoms in total. The number of hydrogen-bond donors (Lipinski definition) is 1. The highest BCUT2D eigenvalue weighted by molar-refractivity contribution is 6.36. The van der Waals surface area contributed by atoms with E-state index in [0.717, 1.165) is 16.7 Å². The molecule has 1 aliphatic heterocycles. The second kappa shape index (κ2) is 4.57. The Morgan fingerprint density at radius 1 is 1.29 bits per heavy atom. The average Bonchev–Trinajstić information content (AvgIpc) is 2.76. The predicted molar refractivity (Wildman–Crippen MR) is 66.6 cm³/mol. The van der Waals surface area contributed by atoms with Crippen molar-refractivity contribution in [3.05, 3.63) is 28.8 Å². The van der Waals surface area contributed by atoms with E-state index in [-0.39, 0.29) is 0 Å². The number of nitrogens with one attached hydrogen (secondary N) is 1. The molecular formula is C13H16N2O2. The number of carbonyl (C=O) groups excluding carboxylic acids is 1. The highest BCUT2D eigenvalue weighted by Gasteiger charge is 2.18. The third-order valence-electron chi connectivity index (χ3n) is 2.67. The minimum atomic E-state index is -0.405. The predicted octanol–water partition coefficient (Wildman–Crippen LogP) is 1.52. The van der Waals surface area contributed by atoms with Crippen molar-refractivity contribution >= 4 is 11.8 Å². The molecule has 90 valence electrons. The van der Waals surface area contributed by atoms with Crippen molar-refractivity contribution in [1.29, 1.82) is 0 Å². The molecule has 1 aromatic rings. The maximum Gasteiger partial charge on any atom is 0.379 e. The zero-order valence-electron chi connectivity index (χ0n) is 10.3. The number of nitrogens with zero attached hydrogens (tertiary/aromatic N) is 1. The summed E-state index contributed by atoms with van der Waals surface area (Å²) in [6.45, 7) is 7.24. The Labute approximate surface area is 101 Å². The van der Waals surface area contributed by atoms with Crippen molar-refractivity contribution in [1.82, 2.24) is 5.32 Å². The van der Waals surface area contributed by atoms with Gasteiger partial charge in [0, 0.05) is 6.54 Å². The van der Waals surface area contributed by atoms with Crippen molar-refractivity contribution in [3.63, 3.8) is 0 Å². The van der Waals surface area contributed by atoms with Crippen molar-refractivity contribution in [3.8, 4) is 5.75 Å². The molecule has 1 N–H and O–H groups in total. The van der Waals surface area contributed by atoms with Gasteiger partial charge in [0.25, 0.3) is 0 Å². The number of rotatable bonds is 2. The quantitative estimate of drug-likeness (QED) is 0.621. The van der Waals surface area contributed by atoms with Gasteiger partial charge in [0.2, 0.25) is 5.84 Å². The molecule has 0 amide bonds. The van der Waals surface area contributed by atoms with Gasteiger partial charge < -0.3 is 10.1 Å². The summed E-state index contributed by atoms with van der Waals surface area (Å²) >= 11 is 0. The molecule has 17 heavy (non-hydrogen) atoms. The lowest BCUT2D eigenvalue weighted by Crippen LogP contribution is -2.31. The lowest BCUT2D eigenvalue weighted by atomic mass is 10.1. The van der Waals surface area contributed by atoms with Crippen LogP contribution in [0.3, 0.4) is 0 Å². The monoisotopic (exact) mass is 232 g/mol. The van der Waals surface area contributed by atoms with E-state index in [9.17, 15) is 4.79 Å². The van der Waals surface area contributed by atoms with Crippen LogP contribution in [0.4, 0.5) is 0 Å². The standard InChI is InChI=1S/C13H16N2O2/c1-8-6-9(2)11(10(3)7-8)17-13(16)12-14-4-5-15-12/h6-7H,4-5H2,1-3H3,(H,14,15). The van der Waals surface area contributed by atoms with E-state index < -0.39 is 5.97 Å². The number of carbonyl (C=O) groups is 1. The molecule has 0 aliphatic carbocycles. The minimum absolute atomic E-state index is 0.323. The van der Waals surface area contributed by atoms with E-state index in [2.05, 4.69) is 10.3 Å². The molecule has 0 unspecified atom stereocenters. The van der Waals surface area contributed by atoms with Crippen molar-refractivity contribution in [2.24, 2.45) is 4.99 Å². The number of esters is 1. The Hall–Kier alpha value is -1.84. The van der Waals surface area contributed by atoms with E-state index in [0.29, 0.717) is 24.7 Å². The number of amidine groups is 1. The van der Waals surface area contributed by atoms with E-state index in [4.69, 9.17) is 4.74 Å². The number of aliphatic imine (C=N–C) groups is 1. The lowest BCUT2D eigenvalue weighted by Gasteiger charge is -2.11. The van der Waals surface area contributed by atoms with Crippen LogP contribution in [0.25, 0.3) is 0 Å². The summed E-state index contributed by atoms with van der Waals surface area (Å²) in [6, 6.07) is 4.00. The molecule has 0 saturated carbocycles. The third kappa shape index (κ3) is 2.46. The molecule has 0 fully saturated rings. The first-order chi connectivity index (χ1) is 8.08. The van der Waals surface area contributed by atoms with E-state index in [1.807, 2.05) is 32.9 Å². The van der Waals surface area contributed by atoms with Gasteiger partial charge in [-0.15, -0.1) is 0 Å². The summed E-state index contributed by atoms with van der Waals surface area (Å²) in [6.07, 6.45) is 0. The van der Waals surface area contributed by atoms with Crippen LogP contribution in [0.5, 0.6) is 5.75 Å². The fourth-order valence-electron chi connectivity index (χ4n) is 2.00. The maximum absolute atomic E-state index is 11.8. The smallest absolute Gasteiger partial charge is 0.379 e. The summed E-state index contributed by atoms with van der Waals surface area (Å²) < 4.78 is 5.38. The third-order valence-corrected chi connectivity index (χ3v) is 2.67. The summed E-state index contributed by atoms with van der Waals surface area (Å²) in [5.41, 5.74) is 3.10. The molecule has 0 radical (unpaired) electrons. The summed E-state index contributed by atoms with van der Waals surface area (Å²) in [5, 5.41) is 2.90. The normalized spacial score (nSPS) is 14.2. The van der Waals surface area contributed by atoms with E-state index >= 15 is 0 Å². The van der Waals surface area contributed by atoms with Gasteiger partial charge in [-0.3, -0.25) is 4.99 Å². The van der Waals surface area contributed by atoms with Gasteiger partial charge in [0.15, 0.2) is 0 Å². The van der Waals surface area contributed by atoms with Crippen molar-refractivity contribution in [2.45, 2.75) is 20.8 Å². The molecule has 1 aromatic carbocycles. The molecule has 2 rings (SSSR count). The van der Waals surface area contributed by atoms with E-state index in [1.165, 1.54) is 0 Å². The molecule has 1 heterocycles. The first kappa shape index (κ1) is 11.6. The van der Waals surface area contributed by atoms with Crippen LogP contribution in [0.1, 0.15) is 16.7 Å². The second-order valence-corrected chi connectivity index (χ2v) is 4.27. The Morgan fingerprint density at radius 3 is 2.47 bits per heavy atom. The molecule has 0 bridgehead atoms. The van der Waals surface area contributed by atoms with Crippen LogP contribution in [-0.2, 0) is 4.79 Å². The van der Waals surface area contributed by atoms with E-state index in [1.54, 1.807) is 0 Å². The number of hydrogen-bond acceptors (Lipinski definition) is 4. The Morgan fingerprint density at radius 2 is 1.94 bits per heavy atom. The van der Waals surface area contributed by atoms with Gasteiger partial charge in [-0.2, -0.15) is 0 Å². The first-order valence-electron chi connectivity index (χ1n) is 5.66. The Bertz CT molecular complexity index is 469. The Balaban J connectivity index is 2.21. The van der Waals surface area contributed by atoms with Gasteiger partial charge in [-0.25, -0.2) is 4.79 Å². The van der Waals surface area contributed by atoms with Crippen molar-refractivity contribution < 1.29 is 9.53 Å². The highest BCUT2D eigenvalue weighted by Crippen LogP contribution is 2.24. The fraction of sp³-hybridized carbons (Fsp3) is 0.385. The molecule has 0 saturated heterocycles. The van der Waals surface area contributed by atoms with Crippen LogP contribution < -0.4 is 10.1 Å². The molecular weight excluding hydrogens is 216 g/mol. The van der Waals surface area contributed by atoms with Gasteiger partial charge in [0.1, 0.15) is 5.75 Å². The van der Waals surface area contributed by atoms with Gasteiger partial charge >= 0.3 is 5.97 Å². The van der Waals surface area contributed by atoms with Gasteiger partial charge in [-0.05, 0) is 31.9 Å². The zero-order chi connectivity index (χ0) is 12.4. The maximum atomic E-state index is 11.8. The van der Waals surface area contributed by atoms with Crippen LogP contribution in [0.2, 0.25) is 0 Å². The SMILES string of the molecule is Cc1cc(C)c(OC(=O)C2=NCCN2)c(C)c1. The molecule has 0 aromatic heterocycles. The largest absolute Gasteiger partial charge is 0.420 e. The molecule has 1 aliphatic rings. The number of aryl methyl sites for hydroxylation is 3. The highest BCUT2D eigenvalue weighted by atomic mass is 16.5. The van der Waals surface area contributed by atoms with Crippen LogP contribution in [-0.4, -0.2) is 24.9 Å². The van der Waals surface area contributed by atoms with Crippen molar-refractivity contribution in [2.75, 3.05) is 13.1 Å². The average molecular weight is 232 g/mol. The molecule has 4 heteroatoms. The van der Waals surface area contributed by atoms with Crippen LogP contribution >= 0.6 is 0 Å². The topological polar surface area (TPSA) is 50.7 Å². The summed E-state index contributed by atoms with van der Waals surface area (Å²) in [4.78, 5) is 15.8. The molecule has 0 spiro atoms. The Kier molecular flexibility index (Phi) is 3.13. The summed E-state index contributed by atoms with van der Waals surface area (Å²) in [5.74, 6) is 0.555. The number of benzene rings is 1. The lowest BCUT2D eigenvalue weighted by molar-refractivity contribution is -0.127. The second-order valence-electron chi connectivity index (χ2n) is 4.27. The van der Waals surface area contributed by atoms with Gasteiger partial charge in [0.05, 0.1) is 6.54 Å². The van der Waals surface area contributed by atoms with Crippen LogP contribution in [0, 0.1) is 20.8 Å². The molecule has 0 atom stereocenters.